The number of methoxy groups -OCH3 is 2. The molecule has 0 unspecified atom stereocenters. The van der Waals surface area contributed by atoms with Crippen molar-refractivity contribution in [3.8, 4) is 11.5 Å². The van der Waals surface area contributed by atoms with Crippen molar-refractivity contribution < 1.29 is 23.4 Å². The second-order valence-corrected chi connectivity index (χ2v) is 3.94. The molecule has 2 rings (SSSR count). The summed E-state index contributed by atoms with van der Waals surface area (Å²) in [5.74, 6) is 1.33. The van der Waals surface area contributed by atoms with E-state index < -0.39 is 0 Å². The topological polar surface area (TPSA) is 50.1 Å². The third-order valence-electron chi connectivity index (χ3n) is 2.61. The van der Waals surface area contributed by atoms with E-state index in [1.807, 2.05) is 18.2 Å². The van der Waals surface area contributed by atoms with Crippen molar-refractivity contribution in [3.63, 3.8) is 0 Å². The summed E-state index contributed by atoms with van der Waals surface area (Å²) >= 11 is 0. The van der Waals surface area contributed by atoms with Crippen LogP contribution in [0.5, 0.6) is 11.5 Å². The van der Waals surface area contributed by atoms with E-state index in [-0.39, 0.29) is 0 Å². The molecule has 19 heavy (non-hydrogen) atoms. The lowest BCUT2D eigenvalue weighted by molar-refractivity contribution is 0.132. The van der Waals surface area contributed by atoms with Gasteiger partial charge in [-0.15, -0.1) is 0 Å². The van der Waals surface area contributed by atoms with Gasteiger partial charge in [0.1, 0.15) is 18.8 Å². The fourth-order valence-electron chi connectivity index (χ4n) is 1.67. The summed E-state index contributed by atoms with van der Waals surface area (Å²) in [5, 5.41) is 0.978. The quantitative estimate of drug-likeness (QED) is 0.687. The number of benzene rings is 1. The second-order valence-electron chi connectivity index (χ2n) is 3.94. The molecule has 104 valence electrons. The average molecular weight is 266 g/mol. The van der Waals surface area contributed by atoms with E-state index in [2.05, 4.69) is 0 Å². The molecule has 0 radical (unpaired) electrons. The first-order valence-corrected chi connectivity index (χ1v) is 6.10. The average Bonchev–Trinajstić information content (AvgIpc) is 2.86. The van der Waals surface area contributed by atoms with E-state index in [9.17, 15) is 0 Å². The van der Waals surface area contributed by atoms with Crippen molar-refractivity contribution in [3.05, 3.63) is 24.5 Å². The highest BCUT2D eigenvalue weighted by Crippen LogP contribution is 2.33. The highest BCUT2D eigenvalue weighted by Gasteiger charge is 2.09. The van der Waals surface area contributed by atoms with Crippen LogP contribution < -0.4 is 9.47 Å². The lowest BCUT2D eigenvalue weighted by Crippen LogP contribution is -2.08. The van der Waals surface area contributed by atoms with Gasteiger partial charge in [-0.25, -0.2) is 0 Å². The molecule has 0 aliphatic heterocycles. The lowest BCUT2D eigenvalue weighted by atomic mass is 10.2. The largest absolute Gasteiger partial charge is 0.487 e. The van der Waals surface area contributed by atoms with E-state index >= 15 is 0 Å². The molecule has 0 fully saturated rings. The van der Waals surface area contributed by atoms with Crippen molar-refractivity contribution in [1.82, 2.24) is 0 Å². The Labute approximate surface area is 112 Å². The molecule has 1 aromatic carbocycles. The molecule has 5 heteroatoms. The Morgan fingerprint density at radius 3 is 2.16 bits per heavy atom. The van der Waals surface area contributed by atoms with Gasteiger partial charge < -0.3 is 23.4 Å². The Kier molecular flexibility index (Phi) is 5.06. The lowest BCUT2D eigenvalue weighted by Gasteiger charge is -2.12. The number of furan rings is 1. The molecule has 0 atom stereocenters. The SMILES string of the molecule is COCCOc1cc2ccoc2cc1OCCOC. The predicted molar refractivity (Wildman–Crippen MR) is 71.0 cm³/mol. The summed E-state index contributed by atoms with van der Waals surface area (Å²) in [6.07, 6.45) is 1.64. The van der Waals surface area contributed by atoms with Crippen LogP contribution in [0, 0.1) is 0 Å². The van der Waals surface area contributed by atoms with Crippen LogP contribution in [-0.4, -0.2) is 40.6 Å². The van der Waals surface area contributed by atoms with Crippen LogP contribution in [-0.2, 0) is 9.47 Å². The summed E-state index contributed by atoms with van der Waals surface area (Å²) in [5.41, 5.74) is 0.770. The highest BCUT2D eigenvalue weighted by atomic mass is 16.5. The van der Waals surface area contributed by atoms with Gasteiger partial charge in [-0.3, -0.25) is 0 Å². The Morgan fingerprint density at radius 1 is 0.895 bits per heavy atom. The van der Waals surface area contributed by atoms with E-state index in [4.69, 9.17) is 23.4 Å². The van der Waals surface area contributed by atoms with Crippen LogP contribution in [0.2, 0.25) is 0 Å². The van der Waals surface area contributed by atoms with Crippen LogP contribution in [0.3, 0.4) is 0 Å². The molecule has 2 aromatic rings. The molecule has 0 spiro atoms. The second kappa shape index (κ2) is 7.01. The van der Waals surface area contributed by atoms with Gasteiger partial charge in [-0.2, -0.15) is 0 Å². The zero-order chi connectivity index (χ0) is 13.5. The van der Waals surface area contributed by atoms with Crippen LogP contribution in [0.4, 0.5) is 0 Å². The molecular formula is C14H18O5. The van der Waals surface area contributed by atoms with Crippen LogP contribution in [0.1, 0.15) is 0 Å². The van der Waals surface area contributed by atoms with Crippen molar-refractivity contribution in [2.45, 2.75) is 0 Å². The highest BCUT2D eigenvalue weighted by molar-refractivity contribution is 5.81. The maximum atomic E-state index is 5.65. The minimum absolute atomic E-state index is 0.462. The van der Waals surface area contributed by atoms with Crippen molar-refractivity contribution in [1.29, 1.82) is 0 Å². The summed E-state index contributed by atoms with van der Waals surface area (Å²) in [7, 11) is 3.27. The summed E-state index contributed by atoms with van der Waals surface area (Å²) in [6, 6.07) is 5.61. The fraction of sp³-hybridized carbons (Fsp3) is 0.429. The van der Waals surface area contributed by atoms with Crippen molar-refractivity contribution in [2.75, 3.05) is 40.6 Å². The summed E-state index contributed by atoms with van der Waals surface area (Å²) in [4.78, 5) is 0. The number of fused-ring (bicyclic) bond motifs is 1. The molecule has 0 N–H and O–H groups in total. The number of hydrogen-bond acceptors (Lipinski definition) is 5. The molecule has 1 heterocycles. The zero-order valence-corrected chi connectivity index (χ0v) is 11.2. The van der Waals surface area contributed by atoms with Crippen LogP contribution in [0.25, 0.3) is 11.0 Å². The maximum Gasteiger partial charge on any atom is 0.165 e. The molecule has 0 saturated heterocycles. The molecule has 1 aromatic heterocycles. The van der Waals surface area contributed by atoms with Crippen molar-refractivity contribution >= 4 is 11.0 Å². The molecule has 0 aliphatic rings. The Morgan fingerprint density at radius 2 is 1.53 bits per heavy atom. The van der Waals surface area contributed by atoms with Gasteiger partial charge in [0, 0.05) is 25.7 Å². The van der Waals surface area contributed by atoms with Gasteiger partial charge in [0.2, 0.25) is 0 Å². The van der Waals surface area contributed by atoms with Gasteiger partial charge in [0.05, 0.1) is 19.5 Å². The number of ether oxygens (including phenoxy) is 4. The first-order chi connectivity index (χ1) is 9.35. The first-order valence-electron chi connectivity index (χ1n) is 6.10. The van der Waals surface area contributed by atoms with Gasteiger partial charge in [-0.05, 0) is 12.1 Å². The smallest absolute Gasteiger partial charge is 0.165 e. The van der Waals surface area contributed by atoms with Gasteiger partial charge in [0.15, 0.2) is 11.5 Å². The van der Waals surface area contributed by atoms with Gasteiger partial charge in [-0.1, -0.05) is 0 Å². The van der Waals surface area contributed by atoms with Crippen LogP contribution >= 0.6 is 0 Å². The molecular weight excluding hydrogens is 248 g/mol. The summed E-state index contributed by atoms with van der Waals surface area (Å²) in [6.45, 7) is 1.98. The van der Waals surface area contributed by atoms with E-state index in [0.29, 0.717) is 37.9 Å². The molecule has 0 saturated carbocycles. The predicted octanol–water partition coefficient (Wildman–Crippen LogP) is 2.48. The third-order valence-corrected chi connectivity index (χ3v) is 2.61. The van der Waals surface area contributed by atoms with E-state index in [1.54, 1.807) is 20.5 Å². The van der Waals surface area contributed by atoms with E-state index in [0.717, 1.165) is 11.0 Å². The number of rotatable bonds is 8. The van der Waals surface area contributed by atoms with Crippen LogP contribution in [0.15, 0.2) is 28.9 Å². The molecule has 0 amide bonds. The minimum atomic E-state index is 0.462. The maximum absolute atomic E-state index is 5.65. The van der Waals surface area contributed by atoms with Gasteiger partial charge in [0.25, 0.3) is 0 Å². The Balaban J connectivity index is 2.15. The summed E-state index contributed by atoms with van der Waals surface area (Å²) < 4.78 is 26.6. The first kappa shape index (κ1) is 13.7. The van der Waals surface area contributed by atoms with Crippen molar-refractivity contribution in [2.24, 2.45) is 0 Å². The molecule has 0 bridgehead atoms. The zero-order valence-electron chi connectivity index (χ0n) is 11.2. The standard InChI is InChI=1S/C14H18O5/c1-15-5-7-18-13-9-11-3-4-17-12(11)10-14(13)19-8-6-16-2/h3-4,9-10H,5-8H2,1-2H3. The molecule has 0 aliphatic carbocycles. The normalized spacial score (nSPS) is 10.8. The third kappa shape index (κ3) is 3.62. The monoisotopic (exact) mass is 266 g/mol. The molecule has 5 nitrogen and oxygen atoms in total. The fourth-order valence-corrected chi connectivity index (χ4v) is 1.67. The Hall–Kier alpha value is -1.72. The Bertz CT molecular complexity index is 462. The minimum Gasteiger partial charge on any atom is -0.487 e. The van der Waals surface area contributed by atoms with Gasteiger partial charge >= 0.3 is 0 Å². The van der Waals surface area contributed by atoms with E-state index in [1.165, 1.54) is 0 Å². The number of hydrogen-bond donors (Lipinski definition) is 0.